The number of hydrogen-bond acceptors (Lipinski definition) is 6. The summed E-state index contributed by atoms with van der Waals surface area (Å²) in [6.07, 6.45) is 0. The number of methoxy groups -OCH3 is 1. The number of ether oxygens (including phenoxy) is 1. The van der Waals surface area contributed by atoms with E-state index in [1.165, 1.54) is 44.4 Å². The van der Waals surface area contributed by atoms with Gasteiger partial charge in [-0.15, -0.1) is 0 Å². The molecule has 0 fully saturated rings. The number of nitrogens with zero attached hydrogens (tertiary/aromatic N) is 1. The molecule has 8 nitrogen and oxygen atoms in total. The summed E-state index contributed by atoms with van der Waals surface area (Å²) < 4.78 is 31.8. The van der Waals surface area contributed by atoms with Crippen LogP contribution in [-0.2, 0) is 21.3 Å². The SMILES string of the molecule is COC(=O)c1ccc(CNS(=O)(=O)c2cccc([N+](=O)[O-])c2C)cc1. The van der Waals surface area contributed by atoms with Crippen LogP contribution in [0.25, 0.3) is 0 Å². The van der Waals surface area contributed by atoms with E-state index in [4.69, 9.17) is 0 Å². The molecule has 2 rings (SSSR count). The number of nitrogens with one attached hydrogen (secondary N) is 1. The number of nitro groups is 1. The molecule has 0 bridgehead atoms. The molecule has 0 aliphatic heterocycles. The number of sulfonamides is 1. The molecule has 0 amide bonds. The van der Waals surface area contributed by atoms with Crippen LogP contribution in [-0.4, -0.2) is 26.4 Å². The quantitative estimate of drug-likeness (QED) is 0.477. The molecule has 0 saturated heterocycles. The van der Waals surface area contributed by atoms with Gasteiger partial charge in [0.05, 0.1) is 22.5 Å². The number of rotatable bonds is 6. The molecule has 0 aliphatic carbocycles. The summed E-state index contributed by atoms with van der Waals surface area (Å²) in [6.45, 7) is 1.36. The highest BCUT2D eigenvalue weighted by Gasteiger charge is 2.22. The first-order valence-corrected chi connectivity index (χ1v) is 8.65. The van der Waals surface area contributed by atoms with Crippen molar-refractivity contribution in [1.82, 2.24) is 4.72 Å². The number of nitro benzene ring substituents is 1. The maximum Gasteiger partial charge on any atom is 0.337 e. The van der Waals surface area contributed by atoms with E-state index in [1.807, 2.05) is 0 Å². The number of carbonyl (C=O) groups is 1. The maximum atomic E-state index is 12.4. The molecule has 0 radical (unpaired) electrons. The van der Waals surface area contributed by atoms with Gasteiger partial charge in [-0.25, -0.2) is 17.9 Å². The summed E-state index contributed by atoms with van der Waals surface area (Å²) in [5, 5.41) is 10.9. The zero-order valence-electron chi connectivity index (χ0n) is 13.6. The second kappa shape index (κ2) is 7.41. The monoisotopic (exact) mass is 364 g/mol. The minimum Gasteiger partial charge on any atom is -0.465 e. The normalized spacial score (nSPS) is 11.1. The molecule has 2 aromatic rings. The number of carbonyl (C=O) groups excluding carboxylic acids is 1. The van der Waals surface area contributed by atoms with Crippen LogP contribution in [0.3, 0.4) is 0 Å². The van der Waals surface area contributed by atoms with Crippen molar-refractivity contribution in [2.24, 2.45) is 0 Å². The molecule has 0 aromatic heterocycles. The van der Waals surface area contributed by atoms with Crippen molar-refractivity contribution >= 4 is 21.7 Å². The molecule has 0 saturated carbocycles. The molecule has 0 atom stereocenters. The minimum atomic E-state index is -3.92. The second-order valence-electron chi connectivity index (χ2n) is 5.17. The molecule has 0 aliphatic rings. The van der Waals surface area contributed by atoms with Crippen molar-refractivity contribution in [3.8, 4) is 0 Å². The van der Waals surface area contributed by atoms with Crippen LogP contribution in [0.4, 0.5) is 5.69 Å². The molecule has 0 heterocycles. The smallest absolute Gasteiger partial charge is 0.337 e. The fraction of sp³-hybridized carbons (Fsp3) is 0.188. The van der Waals surface area contributed by atoms with Gasteiger partial charge >= 0.3 is 5.97 Å². The highest BCUT2D eigenvalue weighted by atomic mass is 32.2. The van der Waals surface area contributed by atoms with E-state index in [0.717, 1.165) is 0 Å². The fourth-order valence-electron chi connectivity index (χ4n) is 2.22. The van der Waals surface area contributed by atoms with Gasteiger partial charge in [0.2, 0.25) is 10.0 Å². The molecule has 0 spiro atoms. The molecule has 1 N–H and O–H groups in total. The van der Waals surface area contributed by atoms with E-state index in [0.29, 0.717) is 11.1 Å². The summed E-state index contributed by atoms with van der Waals surface area (Å²) in [7, 11) is -2.65. The van der Waals surface area contributed by atoms with Gasteiger partial charge in [-0.1, -0.05) is 18.2 Å². The van der Waals surface area contributed by atoms with E-state index in [9.17, 15) is 23.3 Å². The molecule has 25 heavy (non-hydrogen) atoms. The van der Waals surface area contributed by atoms with Gasteiger partial charge in [-0.05, 0) is 30.7 Å². The zero-order chi connectivity index (χ0) is 18.6. The Morgan fingerprint density at radius 3 is 2.40 bits per heavy atom. The van der Waals surface area contributed by atoms with E-state index in [1.54, 1.807) is 12.1 Å². The van der Waals surface area contributed by atoms with Crippen molar-refractivity contribution in [3.63, 3.8) is 0 Å². The van der Waals surface area contributed by atoms with Gasteiger partial charge in [0.25, 0.3) is 5.69 Å². The van der Waals surface area contributed by atoms with Crippen LogP contribution < -0.4 is 4.72 Å². The fourth-order valence-corrected chi connectivity index (χ4v) is 3.50. The lowest BCUT2D eigenvalue weighted by atomic mass is 10.1. The van der Waals surface area contributed by atoms with Crippen LogP contribution in [0.2, 0.25) is 0 Å². The summed E-state index contributed by atoms with van der Waals surface area (Å²) in [4.78, 5) is 21.5. The summed E-state index contributed by atoms with van der Waals surface area (Å²) >= 11 is 0. The largest absolute Gasteiger partial charge is 0.465 e. The van der Waals surface area contributed by atoms with Gasteiger partial charge in [0.15, 0.2) is 0 Å². The molecule has 0 unspecified atom stereocenters. The Morgan fingerprint density at radius 1 is 1.20 bits per heavy atom. The predicted molar refractivity (Wildman–Crippen MR) is 89.6 cm³/mol. The second-order valence-corrected chi connectivity index (χ2v) is 6.91. The van der Waals surface area contributed by atoms with Crippen LogP contribution >= 0.6 is 0 Å². The standard InChI is InChI=1S/C16H16N2O6S/c1-11-14(18(20)21)4-3-5-15(11)25(22,23)17-10-12-6-8-13(9-7-12)16(19)24-2/h3-9,17H,10H2,1-2H3. The summed E-state index contributed by atoms with van der Waals surface area (Å²) in [5.74, 6) is -0.487. The average molecular weight is 364 g/mol. The lowest BCUT2D eigenvalue weighted by Crippen LogP contribution is -2.24. The first-order valence-electron chi connectivity index (χ1n) is 7.17. The van der Waals surface area contributed by atoms with Crippen molar-refractivity contribution in [2.75, 3.05) is 7.11 Å². The molecular formula is C16H16N2O6S. The molecular weight excluding hydrogens is 348 g/mol. The van der Waals surface area contributed by atoms with E-state index in [-0.39, 0.29) is 22.7 Å². The third-order valence-corrected chi connectivity index (χ3v) is 5.13. The minimum absolute atomic E-state index is 0.0219. The lowest BCUT2D eigenvalue weighted by Gasteiger charge is -2.10. The van der Waals surface area contributed by atoms with E-state index in [2.05, 4.69) is 9.46 Å². The van der Waals surface area contributed by atoms with Crippen molar-refractivity contribution in [1.29, 1.82) is 0 Å². The lowest BCUT2D eigenvalue weighted by molar-refractivity contribution is -0.385. The first-order chi connectivity index (χ1) is 11.8. The van der Waals surface area contributed by atoms with Gasteiger partial charge in [-0.3, -0.25) is 10.1 Å². The Kier molecular flexibility index (Phi) is 5.50. The number of benzene rings is 2. The van der Waals surface area contributed by atoms with Crippen molar-refractivity contribution < 1.29 is 22.9 Å². The Morgan fingerprint density at radius 2 is 1.84 bits per heavy atom. The van der Waals surface area contributed by atoms with Crippen LogP contribution in [0, 0.1) is 17.0 Å². The van der Waals surface area contributed by atoms with E-state index >= 15 is 0 Å². The number of esters is 1. The summed E-state index contributed by atoms with van der Waals surface area (Å²) in [5.41, 5.74) is 0.786. The Balaban J connectivity index is 2.19. The van der Waals surface area contributed by atoms with Crippen LogP contribution in [0.15, 0.2) is 47.4 Å². The molecule has 9 heteroatoms. The van der Waals surface area contributed by atoms with Gasteiger partial charge in [-0.2, -0.15) is 0 Å². The Bertz CT molecular complexity index is 907. The van der Waals surface area contributed by atoms with Crippen molar-refractivity contribution in [3.05, 3.63) is 69.3 Å². The average Bonchev–Trinajstić information content (AvgIpc) is 2.59. The van der Waals surface area contributed by atoms with Crippen LogP contribution in [0.1, 0.15) is 21.5 Å². The first kappa shape index (κ1) is 18.6. The van der Waals surface area contributed by atoms with E-state index < -0.39 is 20.9 Å². The third kappa shape index (κ3) is 4.20. The Hall–Kier alpha value is -2.78. The zero-order valence-corrected chi connectivity index (χ0v) is 14.4. The van der Waals surface area contributed by atoms with Crippen molar-refractivity contribution in [2.45, 2.75) is 18.4 Å². The predicted octanol–water partition coefficient (Wildman–Crippen LogP) is 2.17. The number of hydrogen-bond donors (Lipinski definition) is 1. The van der Waals surface area contributed by atoms with Gasteiger partial charge in [0.1, 0.15) is 0 Å². The Labute approximate surface area is 144 Å². The molecule has 132 valence electrons. The summed E-state index contributed by atoms with van der Waals surface area (Å²) in [6, 6.07) is 10.1. The van der Waals surface area contributed by atoms with Gasteiger partial charge < -0.3 is 4.74 Å². The van der Waals surface area contributed by atoms with Crippen LogP contribution in [0.5, 0.6) is 0 Å². The molecule has 2 aromatic carbocycles. The van der Waals surface area contributed by atoms with Gasteiger partial charge in [0, 0.05) is 18.2 Å². The maximum absolute atomic E-state index is 12.4. The topological polar surface area (TPSA) is 116 Å². The highest BCUT2D eigenvalue weighted by molar-refractivity contribution is 7.89. The highest BCUT2D eigenvalue weighted by Crippen LogP contribution is 2.24. The third-order valence-electron chi connectivity index (χ3n) is 3.58.